The lowest BCUT2D eigenvalue weighted by Gasteiger charge is -2.08. The van der Waals surface area contributed by atoms with Gasteiger partial charge in [-0.25, -0.2) is 21.6 Å². The van der Waals surface area contributed by atoms with Crippen LogP contribution in [0.5, 0.6) is 0 Å². The summed E-state index contributed by atoms with van der Waals surface area (Å²) >= 11 is 3.97. The van der Waals surface area contributed by atoms with Crippen LogP contribution in [0.1, 0.15) is 4.88 Å². The molecule has 2 N–H and O–H groups in total. The van der Waals surface area contributed by atoms with Crippen molar-refractivity contribution in [2.75, 3.05) is 4.72 Å². The molecule has 1 aromatic heterocycles. The van der Waals surface area contributed by atoms with Crippen LogP contribution in [-0.4, -0.2) is 13.5 Å². The Kier molecular flexibility index (Phi) is 4.61. The molecular formula is C11H7BrF3NO3S2. The molecule has 1 aromatic carbocycles. The molecule has 2 rings (SSSR count). The van der Waals surface area contributed by atoms with Gasteiger partial charge in [0.2, 0.25) is 0 Å². The lowest BCUT2D eigenvalue weighted by atomic mass is 10.3. The molecule has 0 radical (unpaired) electrons. The van der Waals surface area contributed by atoms with E-state index in [1.165, 1.54) is 6.07 Å². The fourth-order valence-corrected chi connectivity index (χ4v) is 5.08. The molecule has 0 aliphatic heterocycles. The lowest BCUT2D eigenvalue weighted by Crippen LogP contribution is -2.14. The van der Waals surface area contributed by atoms with Crippen molar-refractivity contribution in [1.29, 1.82) is 0 Å². The molecule has 21 heavy (non-hydrogen) atoms. The topological polar surface area (TPSA) is 66.4 Å². The van der Waals surface area contributed by atoms with Crippen molar-refractivity contribution in [2.24, 2.45) is 0 Å². The van der Waals surface area contributed by atoms with Crippen LogP contribution in [0.3, 0.4) is 0 Å². The number of anilines is 1. The molecule has 2 aromatic rings. The van der Waals surface area contributed by atoms with E-state index in [4.69, 9.17) is 5.11 Å². The number of benzene rings is 1. The van der Waals surface area contributed by atoms with Crippen molar-refractivity contribution in [3.05, 3.63) is 44.3 Å². The van der Waals surface area contributed by atoms with Crippen molar-refractivity contribution in [3.8, 4) is 0 Å². The zero-order valence-electron chi connectivity index (χ0n) is 10.0. The molecular weight excluding hydrogens is 395 g/mol. The third kappa shape index (κ3) is 3.39. The number of rotatable bonds is 4. The number of aliphatic hydroxyl groups excluding tert-OH is 1. The second-order valence-electron chi connectivity index (χ2n) is 3.86. The van der Waals surface area contributed by atoms with Gasteiger partial charge < -0.3 is 5.11 Å². The number of hydrogen-bond acceptors (Lipinski definition) is 4. The van der Waals surface area contributed by atoms with E-state index in [1.807, 2.05) is 0 Å². The monoisotopic (exact) mass is 401 g/mol. The maximum atomic E-state index is 13.5. The van der Waals surface area contributed by atoms with E-state index in [2.05, 4.69) is 15.9 Å². The van der Waals surface area contributed by atoms with Crippen LogP contribution < -0.4 is 4.72 Å². The Morgan fingerprint density at radius 1 is 1.24 bits per heavy atom. The van der Waals surface area contributed by atoms with Gasteiger partial charge in [-0.15, -0.1) is 11.3 Å². The van der Waals surface area contributed by atoms with Crippen molar-refractivity contribution in [2.45, 2.75) is 11.5 Å². The molecule has 1 heterocycles. The van der Waals surface area contributed by atoms with Crippen LogP contribution in [0.4, 0.5) is 18.9 Å². The minimum absolute atomic E-state index is 0.177. The predicted molar refractivity (Wildman–Crippen MR) is 75.1 cm³/mol. The standard InChI is InChI=1S/C11H7BrF3NO3S2/c12-11-9(3-6(4-17)20-11)21(18,19)16-8-2-5(13)1-7(14)10(8)15/h1-3,16-17H,4H2. The van der Waals surface area contributed by atoms with Gasteiger partial charge in [0, 0.05) is 17.0 Å². The number of thiophene rings is 1. The third-order valence-electron chi connectivity index (χ3n) is 2.39. The van der Waals surface area contributed by atoms with E-state index in [9.17, 15) is 21.6 Å². The van der Waals surface area contributed by atoms with Gasteiger partial charge in [0.05, 0.1) is 16.1 Å². The van der Waals surface area contributed by atoms with Gasteiger partial charge in [-0.05, 0) is 22.0 Å². The van der Waals surface area contributed by atoms with Crippen LogP contribution in [0.2, 0.25) is 0 Å². The molecule has 0 amide bonds. The molecule has 0 unspecified atom stereocenters. The van der Waals surface area contributed by atoms with Gasteiger partial charge in [0.15, 0.2) is 11.6 Å². The summed E-state index contributed by atoms with van der Waals surface area (Å²) < 4.78 is 65.7. The Morgan fingerprint density at radius 3 is 2.48 bits per heavy atom. The zero-order valence-corrected chi connectivity index (χ0v) is 13.3. The molecule has 0 spiro atoms. The van der Waals surface area contributed by atoms with Crippen LogP contribution in [0, 0.1) is 17.5 Å². The first-order valence-corrected chi connectivity index (χ1v) is 8.40. The highest BCUT2D eigenvalue weighted by Crippen LogP contribution is 2.33. The highest BCUT2D eigenvalue weighted by Gasteiger charge is 2.23. The average Bonchev–Trinajstić information content (AvgIpc) is 2.77. The van der Waals surface area contributed by atoms with E-state index in [-0.39, 0.29) is 15.3 Å². The fourth-order valence-electron chi connectivity index (χ4n) is 1.49. The molecule has 0 atom stereocenters. The fraction of sp³-hybridized carbons (Fsp3) is 0.0909. The number of sulfonamides is 1. The summed E-state index contributed by atoms with van der Waals surface area (Å²) in [6.45, 7) is -0.373. The van der Waals surface area contributed by atoms with Crippen LogP contribution >= 0.6 is 27.3 Å². The quantitative estimate of drug-likeness (QED) is 0.772. The van der Waals surface area contributed by atoms with Gasteiger partial charge in [0.1, 0.15) is 10.7 Å². The Bertz CT molecular complexity index is 792. The summed E-state index contributed by atoms with van der Waals surface area (Å²) in [5, 5.41) is 8.96. The number of nitrogens with one attached hydrogen (secondary N) is 1. The first-order valence-electron chi connectivity index (χ1n) is 5.31. The van der Waals surface area contributed by atoms with E-state index < -0.39 is 33.2 Å². The highest BCUT2D eigenvalue weighted by atomic mass is 79.9. The van der Waals surface area contributed by atoms with Crippen LogP contribution in [0.25, 0.3) is 0 Å². The first kappa shape index (κ1) is 16.3. The summed E-state index contributed by atoms with van der Waals surface area (Å²) in [7, 11) is -4.26. The molecule has 10 heteroatoms. The highest BCUT2D eigenvalue weighted by molar-refractivity contribution is 9.11. The van der Waals surface area contributed by atoms with Gasteiger partial charge in [-0.1, -0.05) is 0 Å². The Morgan fingerprint density at radius 2 is 1.90 bits per heavy atom. The largest absolute Gasteiger partial charge is 0.391 e. The molecule has 0 aliphatic rings. The number of halogens is 4. The number of aliphatic hydroxyl groups is 1. The van der Waals surface area contributed by atoms with E-state index in [0.717, 1.165) is 11.3 Å². The van der Waals surface area contributed by atoms with Crippen molar-refractivity contribution < 1.29 is 26.7 Å². The zero-order chi connectivity index (χ0) is 15.8. The second kappa shape index (κ2) is 5.95. The normalized spacial score (nSPS) is 11.7. The summed E-state index contributed by atoms with van der Waals surface area (Å²) in [6, 6.07) is 2.01. The summed E-state index contributed by atoms with van der Waals surface area (Å²) in [4.78, 5) is 0.0914. The van der Waals surface area contributed by atoms with Gasteiger partial charge in [-0.3, -0.25) is 4.72 Å². The maximum absolute atomic E-state index is 13.5. The first-order chi connectivity index (χ1) is 9.74. The van der Waals surface area contributed by atoms with Gasteiger partial charge >= 0.3 is 0 Å². The molecule has 0 saturated heterocycles. The number of hydrogen-bond donors (Lipinski definition) is 2. The lowest BCUT2D eigenvalue weighted by molar-refractivity contribution is 0.285. The SMILES string of the molecule is O=S(=O)(Nc1cc(F)cc(F)c1F)c1cc(CO)sc1Br. The molecule has 0 aliphatic carbocycles. The van der Waals surface area contributed by atoms with Crippen molar-refractivity contribution in [1.82, 2.24) is 0 Å². The van der Waals surface area contributed by atoms with Crippen LogP contribution in [0.15, 0.2) is 26.9 Å². The maximum Gasteiger partial charge on any atom is 0.263 e. The minimum atomic E-state index is -4.26. The third-order valence-corrected chi connectivity index (χ3v) is 5.99. The Hall–Kier alpha value is -1.10. The predicted octanol–water partition coefficient (Wildman–Crippen LogP) is 3.22. The summed E-state index contributed by atoms with van der Waals surface area (Å²) in [5.74, 6) is -4.13. The molecule has 0 bridgehead atoms. The molecule has 114 valence electrons. The molecule has 0 fully saturated rings. The minimum Gasteiger partial charge on any atom is -0.391 e. The van der Waals surface area contributed by atoms with E-state index in [0.29, 0.717) is 17.0 Å². The average molecular weight is 402 g/mol. The van der Waals surface area contributed by atoms with E-state index in [1.54, 1.807) is 4.72 Å². The Labute approximate surface area is 130 Å². The second-order valence-corrected chi connectivity index (χ2v) is 7.97. The smallest absolute Gasteiger partial charge is 0.263 e. The van der Waals surface area contributed by atoms with Crippen molar-refractivity contribution in [3.63, 3.8) is 0 Å². The van der Waals surface area contributed by atoms with Gasteiger partial charge in [-0.2, -0.15) is 0 Å². The van der Waals surface area contributed by atoms with Gasteiger partial charge in [0.25, 0.3) is 10.0 Å². The Balaban J connectivity index is 2.44. The van der Waals surface area contributed by atoms with Crippen LogP contribution in [-0.2, 0) is 16.6 Å². The van der Waals surface area contributed by atoms with Crippen molar-refractivity contribution >= 4 is 43.0 Å². The summed E-state index contributed by atoms with van der Waals surface area (Å²) in [5.41, 5.74) is -0.837. The molecule has 0 saturated carbocycles. The van der Waals surface area contributed by atoms with E-state index >= 15 is 0 Å². The summed E-state index contributed by atoms with van der Waals surface area (Å²) in [6.07, 6.45) is 0. The molecule has 4 nitrogen and oxygen atoms in total.